The first-order chi connectivity index (χ1) is 20.9. The smallest absolute Gasteiger partial charge is 0.258 e. The maximum Gasteiger partial charge on any atom is 0.258 e. The molecule has 4 aromatic rings. The number of pyridine rings is 1. The van der Waals surface area contributed by atoms with Crippen molar-refractivity contribution in [2.24, 2.45) is 0 Å². The van der Waals surface area contributed by atoms with Crippen LogP contribution in [0, 0.1) is 17.1 Å². The average Bonchev–Trinajstić information content (AvgIpc) is 3.81. The summed E-state index contributed by atoms with van der Waals surface area (Å²) in [5.41, 5.74) is 4.43. The van der Waals surface area contributed by atoms with Gasteiger partial charge in [0.05, 0.1) is 30.7 Å². The molecule has 0 saturated heterocycles. The Morgan fingerprint density at radius 3 is 2.51 bits per heavy atom. The van der Waals surface area contributed by atoms with Crippen molar-refractivity contribution in [3.63, 3.8) is 0 Å². The number of fused-ring (bicyclic) bond motifs is 2. The van der Waals surface area contributed by atoms with Crippen LogP contribution in [0.15, 0.2) is 60.8 Å². The number of nitrogens with zero attached hydrogens (tertiary/aromatic N) is 4. The largest absolute Gasteiger partial charge is 0.497 e. The molecule has 1 aromatic heterocycles. The first-order valence-corrected chi connectivity index (χ1v) is 14.3. The van der Waals surface area contributed by atoms with Gasteiger partial charge in [-0.05, 0) is 66.3 Å². The fourth-order valence-electron chi connectivity index (χ4n) is 5.65. The Balaban J connectivity index is 1.50. The van der Waals surface area contributed by atoms with Gasteiger partial charge >= 0.3 is 0 Å². The number of aromatic nitrogens is 1. The normalized spacial score (nSPS) is 14.0. The number of rotatable bonds is 10. The summed E-state index contributed by atoms with van der Waals surface area (Å²) in [5, 5.41) is 9.88. The van der Waals surface area contributed by atoms with Gasteiger partial charge in [0.15, 0.2) is 5.75 Å². The number of amides is 2. The van der Waals surface area contributed by atoms with E-state index < -0.39 is 0 Å². The van der Waals surface area contributed by atoms with Crippen LogP contribution in [-0.2, 0) is 19.6 Å². The third-order valence-electron chi connectivity index (χ3n) is 8.01. The van der Waals surface area contributed by atoms with Crippen LogP contribution in [0.3, 0.4) is 0 Å². The molecule has 0 spiro atoms. The van der Waals surface area contributed by atoms with E-state index in [4.69, 9.17) is 14.5 Å². The lowest BCUT2D eigenvalue weighted by Crippen LogP contribution is -2.35. The summed E-state index contributed by atoms with van der Waals surface area (Å²) >= 11 is 0. The monoisotopic (exact) mass is 578 g/mol. The van der Waals surface area contributed by atoms with Gasteiger partial charge in [0.1, 0.15) is 23.7 Å². The van der Waals surface area contributed by atoms with Gasteiger partial charge in [-0.15, -0.1) is 0 Å². The van der Waals surface area contributed by atoms with Gasteiger partial charge in [0, 0.05) is 43.3 Å². The minimum Gasteiger partial charge on any atom is -0.497 e. The van der Waals surface area contributed by atoms with E-state index in [1.165, 1.54) is 12.1 Å². The molecular formula is C34H31FN4O4. The fourth-order valence-corrected chi connectivity index (χ4v) is 5.65. The molecule has 8 nitrogen and oxygen atoms in total. The van der Waals surface area contributed by atoms with Crippen molar-refractivity contribution in [3.05, 3.63) is 100.0 Å². The van der Waals surface area contributed by atoms with Crippen molar-refractivity contribution in [2.75, 3.05) is 20.7 Å². The number of methoxy groups -OCH3 is 1. The number of carbonyl (C=O) groups is 2. The molecule has 0 atom stereocenters. The molecule has 9 heteroatoms. The highest BCUT2D eigenvalue weighted by Gasteiger charge is 2.40. The van der Waals surface area contributed by atoms with E-state index in [-0.39, 0.29) is 43.2 Å². The van der Waals surface area contributed by atoms with Gasteiger partial charge in [-0.25, -0.2) is 4.39 Å². The summed E-state index contributed by atoms with van der Waals surface area (Å²) in [6, 6.07) is 17.9. The lowest BCUT2D eigenvalue weighted by molar-refractivity contribution is 0.0745. The molecule has 0 bridgehead atoms. The molecule has 3 aromatic carbocycles. The summed E-state index contributed by atoms with van der Waals surface area (Å²) in [7, 11) is 3.31. The van der Waals surface area contributed by atoms with Gasteiger partial charge in [0.25, 0.3) is 11.8 Å². The average molecular weight is 579 g/mol. The SMILES string of the molecule is COc1ccc(COc2c3c(c(C(=O)N(CCC#N)C4CC4)c4cc(Cc5ccc(F)cc5)cnc24)CN(C)C3=O)cc1. The maximum atomic E-state index is 14.3. The van der Waals surface area contributed by atoms with E-state index in [0.29, 0.717) is 46.3 Å². The van der Waals surface area contributed by atoms with Crippen molar-refractivity contribution in [3.8, 4) is 17.6 Å². The third-order valence-corrected chi connectivity index (χ3v) is 8.01. The number of nitriles is 1. The summed E-state index contributed by atoms with van der Waals surface area (Å²) in [6.07, 6.45) is 4.18. The van der Waals surface area contributed by atoms with E-state index in [0.717, 1.165) is 35.3 Å². The van der Waals surface area contributed by atoms with Gasteiger partial charge < -0.3 is 19.3 Å². The molecule has 218 valence electrons. The van der Waals surface area contributed by atoms with Crippen LogP contribution in [0.2, 0.25) is 0 Å². The van der Waals surface area contributed by atoms with Crippen LogP contribution >= 0.6 is 0 Å². The molecule has 2 heterocycles. The van der Waals surface area contributed by atoms with Crippen molar-refractivity contribution < 1.29 is 23.5 Å². The number of benzene rings is 3. The number of carbonyl (C=O) groups excluding carboxylic acids is 2. The van der Waals surface area contributed by atoms with E-state index in [1.54, 1.807) is 42.3 Å². The molecule has 43 heavy (non-hydrogen) atoms. The maximum absolute atomic E-state index is 14.3. The summed E-state index contributed by atoms with van der Waals surface area (Å²) in [4.78, 5) is 36.0. The Kier molecular flexibility index (Phi) is 7.68. The molecule has 0 N–H and O–H groups in total. The van der Waals surface area contributed by atoms with Crippen LogP contribution < -0.4 is 9.47 Å². The summed E-state index contributed by atoms with van der Waals surface area (Å²) in [5.74, 6) is 0.318. The molecule has 1 aliphatic carbocycles. The fraction of sp³-hybridized carbons (Fsp3) is 0.294. The molecule has 6 rings (SSSR count). The van der Waals surface area contributed by atoms with Crippen molar-refractivity contribution in [2.45, 2.75) is 44.9 Å². The number of hydrogen-bond donors (Lipinski definition) is 0. The highest BCUT2D eigenvalue weighted by molar-refractivity contribution is 6.16. The Labute approximate surface area is 249 Å². The Morgan fingerprint density at radius 2 is 1.84 bits per heavy atom. The highest BCUT2D eigenvalue weighted by atomic mass is 19.1. The molecule has 0 unspecified atom stereocenters. The molecular weight excluding hydrogens is 547 g/mol. The minimum atomic E-state index is -0.311. The predicted molar refractivity (Wildman–Crippen MR) is 158 cm³/mol. The predicted octanol–water partition coefficient (Wildman–Crippen LogP) is 5.66. The molecule has 1 aliphatic heterocycles. The van der Waals surface area contributed by atoms with E-state index in [1.807, 2.05) is 30.3 Å². The van der Waals surface area contributed by atoms with Crippen molar-refractivity contribution in [1.82, 2.24) is 14.8 Å². The number of hydrogen-bond acceptors (Lipinski definition) is 6. The summed E-state index contributed by atoms with van der Waals surface area (Å²) < 4.78 is 25.2. The molecule has 0 radical (unpaired) electrons. The van der Waals surface area contributed by atoms with Crippen LogP contribution in [0.25, 0.3) is 10.9 Å². The lowest BCUT2D eigenvalue weighted by Gasteiger charge is -2.24. The third kappa shape index (κ3) is 5.61. The second-order valence-electron chi connectivity index (χ2n) is 11.0. The quantitative estimate of drug-likeness (QED) is 0.241. The van der Waals surface area contributed by atoms with Crippen LogP contribution in [0.4, 0.5) is 4.39 Å². The van der Waals surface area contributed by atoms with Crippen LogP contribution in [0.5, 0.6) is 11.5 Å². The van der Waals surface area contributed by atoms with Crippen molar-refractivity contribution in [1.29, 1.82) is 5.26 Å². The Hall–Kier alpha value is -4.97. The van der Waals surface area contributed by atoms with Gasteiger partial charge in [-0.3, -0.25) is 14.6 Å². The van der Waals surface area contributed by atoms with Gasteiger partial charge in [-0.1, -0.05) is 24.3 Å². The standard InChI is InChI=1S/C34H31FN4O4/c1-38-19-28-29(34(41)39(15-3-14-36)25-10-11-25)27-17-23(16-21-4-8-24(35)9-5-21)18-37-31(27)32(30(28)33(38)40)43-20-22-6-12-26(42-2)13-7-22/h4-9,12-13,17-18,25H,3,10-11,15-16,19-20H2,1-2H3. The van der Waals surface area contributed by atoms with Crippen molar-refractivity contribution >= 4 is 22.7 Å². The minimum absolute atomic E-state index is 0.0720. The Morgan fingerprint density at radius 1 is 1.12 bits per heavy atom. The molecule has 2 amide bonds. The van der Waals surface area contributed by atoms with E-state index >= 15 is 0 Å². The second-order valence-corrected chi connectivity index (χ2v) is 11.0. The van der Waals surface area contributed by atoms with Gasteiger partial charge in [0.2, 0.25) is 0 Å². The Bertz CT molecular complexity index is 1740. The molecule has 1 fully saturated rings. The zero-order chi connectivity index (χ0) is 30.1. The first-order valence-electron chi connectivity index (χ1n) is 14.3. The van der Waals surface area contributed by atoms with E-state index in [2.05, 4.69) is 6.07 Å². The lowest BCUT2D eigenvalue weighted by atomic mass is 9.93. The second kappa shape index (κ2) is 11.7. The highest BCUT2D eigenvalue weighted by Crippen LogP contribution is 2.42. The topological polar surface area (TPSA) is 95.8 Å². The number of ether oxygens (including phenoxy) is 2. The first kappa shape index (κ1) is 28.2. The summed E-state index contributed by atoms with van der Waals surface area (Å²) in [6.45, 7) is 0.757. The van der Waals surface area contributed by atoms with Crippen LogP contribution in [0.1, 0.15) is 62.2 Å². The molecule has 2 aliphatic rings. The van der Waals surface area contributed by atoms with Gasteiger partial charge in [-0.2, -0.15) is 5.26 Å². The van der Waals surface area contributed by atoms with Crippen LogP contribution in [-0.4, -0.2) is 53.3 Å². The number of halogens is 1. The zero-order valence-corrected chi connectivity index (χ0v) is 24.1. The molecule has 1 saturated carbocycles. The zero-order valence-electron chi connectivity index (χ0n) is 24.1. The van der Waals surface area contributed by atoms with E-state index in [9.17, 15) is 19.2 Å².